The van der Waals surface area contributed by atoms with E-state index in [4.69, 9.17) is 4.42 Å². The average molecular weight is 512 g/mol. The quantitative estimate of drug-likeness (QED) is 0.239. The highest BCUT2D eigenvalue weighted by atomic mass is 31.2. The van der Waals surface area contributed by atoms with Gasteiger partial charge in [-0.05, 0) is 44.2 Å². The minimum absolute atomic E-state index is 0.254. The summed E-state index contributed by atoms with van der Waals surface area (Å²) in [6.45, 7) is 4.84. The highest BCUT2D eigenvalue weighted by Gasteiger charge is 2.35. The van der Waals surface area contributed by atoms with Gasteiger partial charge in [-0.25, -0.2) is 24.0 Å². The van der Waals surface area contributed by atoms with E-state index in [0.717, 1.165) is 17.1 Å². The zero-order valence-electron chi connectivity index (χ0n) is 19.5. The molecule has 1 fully saturated rings. The van der Waals surface area contributed by atoms with Crippen molar-refractivity contribution in [3.05, 3.63) is 58.8 Å². The Balaban J connectivity index is 1.27. The van der Waals surface area contributed by atoms with Crippen molar-refractivity contribution in [1.29, 1.82) is 0 Å². The molecule has 0 unspecified atom stereocenters. The van der Waals surface area contributed by atoms with Gasteiger partial charge in [0.2, 0.25) is 5.95 Å². The third kappa shape index (κ3) is 5.09. The van der Waals surface area contributed by atoms with Crippen molar-refractivity contribution >= 4 is 47.8 Å². The van der Waals surface area contributed by atoms with Crippen molar-refractivity contribution in [3.63, 3.8) is 0 Å². The molecule has 188 valence electrons. The van der Waals surface area contributed by atoms with Crippen LogP contribution in [0.3, 0.4) is 0 Å². The number of anilines is 5. The van der Waals surface area contributed by atoms with Gasteiger partial charge in [-0.15, -0.1) is 0 Å². The summed E-state index contributed by atoms with van der Waals surface area (Å²) in [6, 6.07) is 8.64. The minimum Gasteiger partial charge on any atom is -0.408 e. The molecule has 4 aromatic rings. The van der Waals surface area contributed by atoms with Gasteiger partial charge in [-0.1, -0.05) is 0 Å². The number of aromatic nitrogens is 4. The van der Waals surface area contributed by atoms with Crippen molar-refractivity contribution in [3.8, 4) is 0 Å². The molecule has 5 N–H and O–H groups in total. The number of hydrogen-bond donors (Lipinski definition) is 5. The molecule has 1 saturated heterocycles. The van der Waals surface area contributed by atoms with E-state index in [1.807, 2.05) is 24.0 Å². The topological polar surface area (TPSA) is 173 Å². The summed E-state index contributed by atoms with van der Waals surface area (Å²) in [5.74, 6) is 1.18. The van der Waals surface area contributed by atoms with Gasteiger partial charge in [0.1, 0.15) is 11.6 Å². The molecule has 0 amide bonds. The van der Waals surface area contributed by atoms with E-state index in [1.165, 1.54) is 4.67 Å². The van der Waals surface area contributed by atoms with Gasteiger partial charge in [-0.2, -0.15) is 4.98 Å². The van der Waals surface area contributed by atoms with E-state index in [-0.39, 0.29) is 12.6 Å². The Morgan fingerprint density at radius 2 is 1.92 bits per heavy atom. The van der Waals surface area contributed by atoms with Gasteiger partial charge in [0.05, 0.1) is 17.4 Å². The molecule has 0 bridgehead atoms. The van der Waals surface area contributed by atoms with Gasteiger partial charge in [0.15, 0.2) is 5.58 Å². The van der Waals surface area contributed by atoms with Crippen LogP contribution in [0.25, 0.3) is 11.1 Å². The van der Waals surface area contributed by atoms with Gasteiger partial charge in [-0.3, -0.25) is 4.98 Å². The number of hydrogen-bond acceptors (Lipinski definition) is 9. The maximum atomic E-state index is 11.6. The SMILES string of the molecule is Cc1cnc(Nc2ccc(N3CCN(P(=O)(O)O)[C@H](C)C3)nc2)nc1Nc1ccc2oc(=O)[nH]c2c1. The van der Waals surface area contributed by atoms with Crippen LogP contribution in [0, 0.1) is 6.92 Å². The Kier molecular flexibility index (Phi) is 6.22. The maximum Gasteiger partial charge on any atom is 0.417 e. The number of nitrogens with one attached hydrogen (secondary N) is 3. The standard InChI is InChI=1S/C22H25N8O5P/c1-13-10-24-21(28-20(13)25-15-3-5-18-17(9-15)27-22(31)35-18)26-16-4-6-19(23-11-16)29-7-8-30(14(2)12-29)36(32,33)34/h3-6,9-11,14H,7-8,12H2,1-2H3,(H,27,31)(H2,32,33,34)(H2,24,25,26,28)/t14-/m1/s1. The van der Waals surface area contributed by atoms with Gasteiger partial charge >= 0.3 is 13.5 Å². The van der Waals surface area contributed by atoms with Crippen LogP contribution in [0.15, 0.2) is 51.9 Å². The van der Waals surface area contributed by atoms with Crippen molar-refractivity contribution in [2.45, 2.75) is 19.9 Å². The van der Waals surface area contributed by atoms with Crippen LogP contribution in [-0.2, 0) is 4.57 Å². The van der Waals surface area contributed by atoms with Gasteiger partial charge in [0.25, 0.3) is 0 Å². The van der Waals surface area contributed by atoms with Crippen molar-refractivity contribution in [1.82, 2.24) is 24.6 Å². The molecule has 14 heteroatoms. The van der Waals surface area contributed by atoms with E-state index in [9.17, 15) is 19.1 Å². The molecule has 3 aromatic heterocycles. The van der Waals surface area contributed by atoms with E-state index in [1.54, 1.807) is 37.5 Å². The second-order valence-corrected chi connectivity index (χ2v) is 10.1. The number of H-pyrrole nitrogens is 1. The van der Waals surface area contributed by atoms with Crippen LogP contribution in [0.1, 0.15) is 12.5 Å². The summed E-state index contributed by atoms with van der Waals surface area (Å²) in [4.78, 5) is 48.4. The minimum atomic E-state index is -4.26. The molecule has 0 saturated carbocycles. The molecule has 13 nitrogen and oxygen atoms in total. The van der Waals surface area contributed by atoms with E-state index >= 15 is 0 Å². The summed E-state index contributed by atoms with van der Waals surface area (Å²) >= 11 is 0. The van der Waals surface area contributed by atoms with Gasteiger partial charge < -0.3 is 29.7 Å². The van der Waals surface area contributed by atoms with Crippen LogP contribution >= 0.6 is 7.75 Å². The first-order valence-corrected chi connectivity index (χ1v) is 12.8. The lowest BCUT2D eigenvalue weighted by Gasteiger charge is -2.40. The van der Waals surface area contributed by atoms with Crippen LogP contribution in [-0.4, -0.2) is 60.1 Å². The number of rotatable bonds is 6. The van der Waals surface area contributed by atoms with Crippen LogP contribution < -0.4 is 21.3 Å². The summed E-state index contributed by atoms with van der Waals surface area (Å²) in [5.41, 5.74) is 3.30. The first-order valence-electron chi connectivity index (χ1n) is 11.2. The molecular formula is C22H25N8O5P. The predicted octanol–water partition coefficient (Wildman–Crippen LogP) is 2.70. The zero-order valence-corrected chi connectivity index (χ0v) is 20.4. The molecule has 0 aliphatic carbocycles. The number of benzene rings is 1. The van der Waals surface area contributed by atoms with Gasteiger partial charge in [0, 0.05) is 43.1 Å². The van der Waals surface area contributed by atoms with Crippen molar-refractivity contribution in [2.75, 3.05) is 35.2 Å². The Morgan fingerprint density at radius 1 is 1.11 bits per heavy atom. The van der Waals surface area contributed by atoms with Crippen LogP contribution in [0.5, 0.6) is 0 Å². The molecular weight excluding hydrogens is 487 g/mol. The first kappa shape index (κ1) is 23.9. The fourth-order valence-electron chi connectivity index (χ4n) is 4.11. The number of oxazole rings is 1. The normalized spacial score (nSPS) is 16.9. The fourth-order valence-corrected chi connectivity index (χ4v) is 5.05. The number of fused-ring (bicyclic) bond motifs is 1. The maximum absolute atomic E-state index is 11.6. The highest BCUT2D eigenvalue weighted by molar-refractivity contribution is 7.49. The number of pyridine rings is 1. The third-order valence-corrected chi connectivity index (χ3v) is 7.17. The largest absolute Gasteiger partial charge is 0.417 e. The van der Waals surface area contributed by atoms with E-state index < -0.39 is 13.5 Å². The zero-order chi connectivity index (χ0) is 25.4. The average Bonchev–Trinajstić information content (AvgIpc) is 3.20. The first-order chi connectivity index (χ1) is 17.2. The lowest BCUT2D eigenvalue weighted by Crippen LogP contribution is -2.50. The molecule has 4 heterocycles. The van der Waals surface area contributed by atoms with Crippen LogP contribution in [0.2, 0.25) is 0 Å². The van der Waals surface area contributed by atoms with Crippen molar-refractivity contribution in [2.24, 2.45) is 0 Å². The number of aromatic amines is 1. The molecule has 1 aliphatic rings. The monoisotopic (exact) mass is 512 g/mol. The second-order valence-electron chi connectivity index (χ2n) is 8.58. The molecule has 1 atom stereocenters. The van der Waals surface area contributed by atoms with Crippen molar-refractivity contribution < 1.29 is 18.8 Å². The number of nitrogens with zero attached hydrogens (tertiary/aromatic N) is 5. The Labute approximate surface area is 205 Å². The smallest absolute Gasteiger partial charge is 0.408 e. The Morgan fingerprint density at radius 3 is 2.64 bits per heavy atom. The van der Waals surface area contributed by atoms with E-state index in [2.05, 4.69) is 30.6 Å². The highest BCUT2D eigenvalue weighted by Crippen LogP contribution is 2.43. The number of piperazine rings is 1. The molecule has 0 spiro atoms. The molecule has 0 radical (unpaired) electrons. The van der Waals surface area contributed by atoms with E-state index in [0.29, 0.717) is 41.6 Å². The summed E-state index contributed by atoms with van der Waals surface area (Å²) in [7, 11) is -4.26. The van der Waals surface area contributed by atoms with Crippen LogP contribution in [0.4, 0.5) is 29.0 Å². The molecule has 36 heavy (non-hydrogen) atoms. The molecule has 1 aromatic carbocycles. The lowest BCUT2D eigenvalue weighted by molar-refractivity contribution is 0.220. The summed E-state index contributed by atoms with van der Waals surface area (Å²) in [6.07, 6.45) is 3.36. The predicted molar refractivity (Wildman–Crippen MR) is 135 cm³/mol. The lowest BCUT2D eigenvalue weighted by atomic mass is 10.2. The molecule has 1 aliphatic heterocycles. The Bertz CT molecular complexity index is 1500. The third-order valence-electron chi connectivity index (χ3n) is 5.91. The molecule has 5 rings (SSSR count). The number of aryl methyl sites for hydroxylation is 1. The Hall–Kier alpha value is -3.77. The summed E-state index contributed by atoms with van der Waals surface area (Å²) in [5, 5.41) is 6.37. The second kappa shape index (κ2) is 9.36. The fraction of sp³-hybridized carbons (Fsp3) is 0.273. The summed E-state index contributed by atoms with van der Waals surface area (Å²) < 4.78 is 17.9.